The molecule has 1 atom stereocenters. The van der Waals surface area contributed by atoms with Gasteiger partial charge in [0.05, 0.1) is 0 Å². The largest absolute Gasteiger partial charge is 0.403 e. The summed E-state index contributed by atoms with van der Waals surface area (Å²) in [5.41, 5.74) is 0. The van der Waals surface area contributed by atoms with E-state index in [0.29, 0.717) is 0 Å². The van der Waals surface area contributed by atoms with Crippen molar-refractivity contribution in [2.45, 2.75) is 71.2 Å². The molecular formula is C15H28OSi. The molecule has 0 saturated carbocycles. The first kappa shape index (κ1) is 16.5. The van der Waals surface area contributed by atoms with Crippen LogP contribution in [0.1, 0.15) is 47.0 Å². The first-order valence-electron chi connectivity index (χ1n) is 6.51. The van der Waals surface area contributed by atoms with Gasteiger partial charge in [0.25, 0.3) is 0 Å². The molecule has 1 nitrogen and oxygen atoms in total. The van der Waals surface area contributed by atoms with E-state index in [1.54, 1.807) is 0 Å². The maximum atomic E-state index is 6.32. The minimum Gasteiger partial charge on any atom is -0.403 e. The first-order valence-corrected chi connectivity index (χ1v) is 9.42. The van der Waals surface area contributed by atoms with Crippen molar-refractivity contribution in [3.8, 4) is 11.8 Å². The van der Waals surface area contributed by atoms with Gasteiger partial charge < -0.3 is 4.43 Å². The lowest BCUT2D eigenvalue weighted by molar-refractivity contribution is 0.224. The van der Waals surface area contributed by atoms with Crippen molar-refractivity contribution in [3.63, 3.8) is 0 Å². The summed E-state index contributed by atoms with van der Waals surface area (Å²) in [4.78, 5) is 0. The van der Waals surface area contributed by atoms with Gasteiger partial charge in [-0.3, -0.25) is 0 Å². The quantitative estimate of drug-likeness (QED) is 0.389. The van der Waals surface area contributed by atoms with Crippen LogP contribution in [0.25, 0.3) is 0 Å². The zero-order valence-corrected chi connectivity index (χ0v) is 13.4. The Balaban J connectivity index is 4.67. The fourth-order valence-corrected chi connectivity index (χ4v) is 2.42. The molecular weight excluding hydrogens is 224 g/mol. The van der Waals surface area contributed by atoms with Crippen LogP contribution in [0.5, 0.6) is 0 Å². The third kappa shape index (κ3) is 6.09. The highest BCUT2D eigenvalue weighted by Gasteiger charge is 2.38. The Morgan fingerprint density at radius 1 is 1.35 bits per heavy atom. The second-order valence-corrected chi connectivity index (χ2v) is 10.7. The highest BCUT2D eigenvalue weighted by Crippen LogP contribution is 2.37. The average molecular weight is 252 g/mol. The molecule has 0 bridgehead atoms. The van der Waals surface area contributed by atoms with Gasteiger partial charge in [-0.2, -0.15) is 0 Å². The van der Waals surface area contributed by atoms with Gasteiger partial charge in [0.2, 0.25) is 0 Å². The SMILES string of the molecule is C=CCC[C@H](C#CCC)O[Si](C)(C)C(C)(C)C. The fourth-order valence-electron chi connectivity index (χ4n) is 1.18. The molecule has 0 radical (unpaired) electrons. The smallest absolute Gasteiger partial charge is 0.193 e. The molecule has 0 fully saturated rings. The Hall–Kier alpha value is -0.523. The molecule has 0 heterocycles. The number of allylic oxidation sites excluding steroid dienone is 1. The maximum absolute atomic E-state index is 6.32. The van der Waals surface area contributed by atoms with Crippen LogP contribution in [-0.2, 0) is 4.43 Å². The summed E-state index contributed by atoms with van der Waals surface area (Å²) in [7, 11) is -1.70. The lowest BCUT2D eigenvalue weighted by Crippen LogP contribution is -2.43. The molecule has 0 spiro atoms. The van der Waals surface area contributed by atoms with E-state index in [-0.39, 0.29) is 11.1 Å². The number of hydrogen-bond donors (Lipinski definition) is 0. The van der Waals surface area contributed by atoms with Crippen LogP contribution in [0.15, 0.2) is 12.7 Å². The monoisotopic (exact) mass is 252 g/mol. The maximum Gasteiger partial charge on any atom is 0.193 e. The third-order valence-electron chi connectivity index (χ3n) is 3.32. The molecule has 0 amide bonds. The van der Waals surface area contributed by atoms with Crippen molar-refractivity contribution < 1.29 is 4.43 Å². The molecule has 0 aromatic carbocycles. The normalized spacial score (nSPS) is 13.8. The Morgan fingerprint density at radius 3 is 2.35 bits per heavy atom. The van der Waals surface area contributed by atoms with Crippen LogP contribution in [-0.4, -0.2) is 14.4 Å². The van der Waals surface area contributed by atoms with Crippen molar-refractivity contribution in [2.75, 3.05) is 0 Å². The number of hydrogen-bond acceptors (Lipinski definition) is 1. The Morgan fingerprint density at radius 2 is 1.94 bits per heavy atom. The van der Waals surface area contributed by atoms with Gasteiger partial charge in [0.15, 0.2) is 8.32 Å². The molecule has 0 aromatic rings. The van der Waals surface area contributed by atoms with E-state index in [0.717, 1.165) is 19.3 Å². The van der Waals surface area contributed by atoms with E-state index in [1.807, 2.05) is 6.08 Å². The van der Waals surface area contributed by atoms with Gasteiger partial charge in [0.1, 0.15) is 6.10 Å². The highest BCUT2D eigenvalue weighted by molar-refractivity contribution is 6.74. The molecule has 0 rings (SSSR count). The Bertz CT molecular complexity index is 288. The number of rotatable bonds is 5. The molecule has 0 aliphatic rings. The van der Waals surface area contributed by atoms with Crippen molar-refractivity contribution >= 4 is 8.32 Å². The summed E-state index contributed by atoms with van der Waals surface area (Å²) in [5.74, 6) is 6.39. The predicted molar refractivity (Wildman–Crippen MR) is 79.6 cm³/mol. The van der Waals surface area contributed by atoms with Gasteiger partial charge in [-0.15, -0.1) is 12.5 Å². The standard InChI is InChI=1S/C15H28OSi/c1-8-10-12-14(13-11-9-2)16-17(6,7)15(3,4)5/h8,14H,1,9-10,12H2,2-7H3/t14-/m1/s1. The Kier molecular flexibility index (Phi) is 6.82. The summed E-state index contributed by atoms with van der Waals surface area (Å²) >= 11 is 0. The van der Waals surface area contributed by atoms with Crippen LogP contribution in [0.4, 0.5) is 0 Å². The van der Waals surface area contributed by atoms with Crippen molar-refractivity contribution in [3.05, 3.63) is 12.7 Å². The lowest BCUT2D eigenvalue weighted by Gasteiger charge is -2.38. The van der Waals surface area contributed by atoms with Crippen LogP contribution in [0.3, 0.4) is 0 Å². The third-order valence-corrected chi connectivity index (χ3v) is 7.80. The molecule has 0 saturated heterocycles. The molecule has 17 heavy (non-hydrogen) atoms. The van der Waals surface area contributed by atoms with Crippen LogP contribution in [0.2, 0.25) is 18.1 Å². The minimum atomic E-state index is -1.70. The average Bonchev–Trinajstić information content (AvgIpc) is 2.20. The minimum absolute atomic E-state index is 0.0776. The van der Waals surface area contributed by atoms with E-state index in [9.17, 15) is 0 Å². The fraction of sp³-hybridized carbons (Fsp3) is 0.733. The molecule has 0 aliphatic heterocycles. The highest BCUT2D eigenvalue weighted by atomic mass is 28.4. The molecule has 0 aromatic heterocycles. The van der Waals surface area contributed by atoms with E-state index in [1.165, 1.54) is 0 Å². The topological polar surface area (TPSA) is 9.23 Å². The van der Waals surface area contributed by atoms with Crippen LogP contribution >= 0.6 is 0 Å². The molecule has 98 valence electrons. The van der Waals surface area contributed by atoms with Crippen molar-refractivity contribution in [1.82, 2.24) is 0 Å². The van der Waals surface area contributed by atoms with Gasteiger partial charge >= 0.3 is 0 Å². The lowest BCUT2D eigenvalue weighted by atomic mass is 10.2. The second kappa shape index (κ2) is 7.03. The van der Waals surface area contributed by atoms with Crippen molar-refractivity contribution in [1.29, 1.82) is 0 Å². The zero-order chi connectivity index (χ0) is 13.5. The first-order chi connectivity index (χ1) is 7.74. The van der Waals surface area contributed by atoms with E-state index in [2.05, 4.69) is 59.2 Å². The van der Waals surface area contributed by atoms with Gasteiger partial charge in [-0.25, -0.2) is 0 Å². The second-order valence-electron chi connectivity index (χ2n) is 5.91. The Labute approximate surface area is 109 Å². The summed E-state index contributed by atoms with van der Waals surface area (Å²) in [5, 5.41) is 0.243. The summed E-state index contributed by atoms with van der Waals surface area (Å²) < 4.78 is 6.32. The van der Waals surface area contributed by atoms with Gasteiger partial charge in [0, 0.05) is 6.42 Å². The van der Waals surface area contributed by atoms with E-state index in [4.69, 9.17) is 4.43 Å². The van der Waals surface area contributed by atoms with Gasteiger partial charge in [-0.05, 0) is 31.0 Å². The predicted octanol–water partition coefficient (Wildman–Crippen LogP) is 4.76. The zero-order valence-electron chi connectivity index (χ0n) is 12.4. The summed E-state index contributed by atoms with van der Waals surface area (Å²) in [6.07, 6.45) is 4.84. The van der Waals surface area contributed by atoms with Crippen LogP contribution in [0, 0.1) is 11.8 Å². The molecule has 0 aliphatic carbocycles. The van der Waals surface area contributed by atoms with E-state index >= 15 is 0 Å². The van der Waals surface area contributed by atoms with Crippen LogP contribution < -0.4 is 0 Å². The van der Waals surface area contributed by atoms with Crippen molar-refractivity contribution in [2.24, 2.45) is 0 Å². The van der Waals surface area contributed by atoms with E-state index < -0.39 is 8.32 Å². The summed E-state index contributed by atoms with van der Waals surface area (Å²) in [6.45, 7) is 17.2. The van der Waals surface area contributed by atoms with Gasteiger partial charge in [-0.1, -0.05) is 39.7 Å². The molecule has 0 unspecified atom stereocenters. The molecule has 2 heteroatoms. The summed E-state index contributed by atoms with van der Waals surface area (Å²) in [6, 6.07) is 0. The molecule has 0 N–H and O–H groups in total.